The fourth-order valence-corrected chi connectivity index (χ4v) is 3.72. The number of aromatic nitrogens is 3. The molecule has 0 atom stereocenters. The summed E-state index contributed by atoms with van der Waals surface area (Å²) in [4.78, 5) is 14.9. The fourth-order valence-electron chi connectivity index (χ4n) is 3.53. The summed E-state index contributed by atoms with van der Waals surface area (Å²) in [7, 11) is 0. The van der Waals surface area contributed by atoms with Gasteiger partial charge in [-0.2, -0.15) is 0 Å². The van der Waals surface area contributed by atoms with Crippen LogP contribution in [0.1, 0.15) is 30.1 Å². The molecule has 31 heavy (non-hydrogen) atoms. The summed E-state index contributed by atoms with van der Waals surface area (Å²) >= 11 is 5.30. The van der Waals surface area contributed by atoms with Gasteiger partial charge in [-0.15, -0.1) is 5.10 Å². The summed E-state index contributed by atoms with van der Waals surface area (Å²) in [6.07, 6.45) is 1.49. The Bertz CT molecular complexity index is 1100. The Morgan fingerprint density at radius 1 is 1.29 bits per heavy atom. The van der Waals surface area contributed by atoms with Gasteiger partial charge in [0.1, 0.15) is 11.5 Å². The lowest BCUT2D eigenvalue weighted by molar-refractivity contribution is -0.121. The van der Waals surface area contributed by atoms with E-state index in [9.17, 15) is 4.79 Å². The van der Waals surface area contributed by atoms with Crippen LogP contribution in [-0.2, 0) is 18.1 Å². The second-order valence-electron chi connectivity index (χ2n) is 7.71. The third kappa shape index (κ3) is 5.59. The molecule has 1 aliphatic heterocycles. The largest absolute Gasteiger partial charge is 0.484 e. The van der Waals surface area contributed by atoms with Crippen molar-refractivity contribution in [2.45, 2.75) is 40.0 Å². The molecular weight excluding hydrogens is 418 g/mol. The number of ether oxygens (including phenoxy) is 1. The van der Waals surface area contributed by atoms with Crippen molar-refractivity contribution in [1.82, 2.24) is 19.8 Å². The van der Waals surface area contributed by atoms with E-state index in [4.69, 9.17) is 25.9 Å². The molecule has 164 valence electrons. The van der Waals surface area contributed by atoms with Crippen LogP contribution in [0.25, 0.3) is 0 Å². The molecule has 1 amide bonds. The molecule has 4 rings (SSSR count). The predicted molar refractivity (Wildman–Crippen MR) is 115 cm³/mol. The third-order valence-corrected chi connectivity index (χ3v) is 5.47. The van der Waals surface area contributed by atoms with Crippen LogP contribution in [0, 0.1) is 24.6 Å². The number of rotatable bonds is 7. The average Bonchev–Trinajstić information content (AvgIpc) is 3.32. The maximum atomic E-state index is 12.4. The van der Waals surface area contributed by atoms with Gasteiger partial charge in [-0.25, -0.2) is 4.68 Å². The van der Waals surface area contributed by atoms with Crippen molar-refractivity contribution in [3.63, 3.8) is 0 Å². The summed E-state index contributed by atoms with van der Waals surface area (Å²) in [6, 6.07) is 9.50. The summed E-state index contributed by atoms with van der Waals surface area (Å²) < 4.78 is 17.9. The number of nitrogens with zero attached hydrogens (tertiary/aromatic N) is 4. The smallest absolute Gasteiger partial charge is 0.288 e. The number of likely N-dealkylation sites (tertiary alicyclic amines) is 1. The quantitative estimate of drug-likeness (QED) is 0.552. The van der Waals surface area contributed by atoms with Crippen LogP contribution in [0.4, 0.5) is 5.82 Å². The highest BCUT2D eigenvalue weighted by Crippen LogP contribution is 2.20. The number of benzene rings is 1. The van der Waals surface area contributed by atoms with Gasteiger partial charge in [-0.05, 0) is 56.6 Å². The third-order valence-electron chi connectivity index (χ3n) is 5.17. The average molecular weight is 444 g/mol. The first-order valence-electron chi connectivity index (χ1n) is 10.2. The highest BCUT2D eigenvalue weighted by atomic mass is 32.1. The number of piperidine rings is 1. The lowest BCUT2D eigenvalue weighted by Gasteiger charge is -2.30. The SMILES string of the molecule is Cc1cccc(OCc2nn(CN3CCC(C(=O)Nc4cc(C)on4)CC3)c(=S)o2)c1. The van der Waals surface area contributed by atoms with Gasteiger partial charge in [-0.3, -0.25) is 9.69 Å². The lowest BCUT2D eigenvalue weighted by Crippen LogP contribution is -2.39. The van der Waals surface area contributed by atoms with Crippen LogP contribution in [0.3, 0.4) is 0 Å². The molecule has 0 saturated carbocycles. The van der Waals surface area contributed by atoms with Crippen LogP contribution in [-0.4, -0.2) is 38.8 Å². The Balaban J connectivity index is 1.26. The standard InChI is InChI=1S/C21H25N5O4S/c1-14-4-3-5-17(10-14)28-12-19-23-26(21(31)29-19)13-25-8-6-16(7-9-25)20(27)22-18-11-15(2)30-24-18/h3-5,10-11,16H,6-9,12-13H2,1-2H3,(H,22,24,27). The molecule has 0 aliphatic carbocycles. The first kappa shape index (κ1) is 21.3. The van der Waals surface area contributed by atoms with E-state index >= 15 is 0 Å². The minimum Gasteiger partial charge on any atom is -0.484 e. The summed E-state index contributed by atoms with van der Waals surface area (Å²) in [6.45, 7) is 6.05. The monoisotopic (exact) mass is 443 g/mol. The molecular formula is C21H25N5O4S. The van der Waals surface area contributed by atoms with E-state index in [-0.39, 0.29) is 18.4 Å². The molecule has 0 bridgehead atoms. The van der Waals surface area contributed by atoms with E-state index in [1.165, 1.54) is 0 Å². The number of aryl methyl sites for hydroxylation is 2. The Morgan fingerprint density at radius 3 is 2.81 bits per heavy atom. The van der Waals surface area contributed by atoms with Gasteiger partial charge in [0.05, 0.1) is 6.67 Å². The zero-order valence-electron chi connectivity index (χ0n) is 17.5. The number of hydrogen-bond acceptors (Lipinski definition) is 8. The molecule has 1 aliphatic rings. The Morgan fingerprint density at radius 2 is 2.10 bits per heavy atom. The fraction of sp³-hybridized carbons (Fsp3) is 0.429. The van der Waals surface area contributed by atoms with Gasteiger partial charge in [-0.1, -0.05) is 17.3 Å². The van der Waals surface area contributed by atoms with Crippen LogP contribution < -0.4 is 10.1 Å². The minimum atomic E-state index is -0.0585. The Kier molecular flexibility index (Phi) is 6.47. The second kappa shape index (κ2) is 9.44. The number of hydrogen-bond donors (Lipinski definition) is 1. The van der Waals surface area contributed by atoms with Gasteiger partial charge in [0.25, 0.3) is 10.7 Å². The van der Waals surface area contributed by atoms with Crippen LogP contribution in [0.2, 0.25) is 0 Å². The summed E-state index contributed by atoms with van der Waals surface area (Å²) in [5.74, 6) is 2.23. The number of carbonyl (C=O) groups is 1. The van der Waals surface area contributed by atoms with Crippen molar-refractivity contribution >= 4 is 23.9 Å². The Labute approximate surface area is 185 Å². The normalized spacial score (nSPS) is 15.2. The minimum absolute atomic E-state index is 0.0263. The zero-order chi connectivity index (χ0) is 21.8. The highest BCUT2D eigenvalue weighted by molar-refractivity contribution is 7.71. The molecule has 10 heteroatoms. The lowest BCUT2D eigenvalue weighted by atomic mass is 9.96. The molecule has 1 N–H and O–H groups in total. The van der Waals surface area contributed by atoms with Crippen molar-refractivity contribution in [2.75, 3.05) is 18.4 Å². The van der Waals surface area contributed by atoms with E-state index in [1.807, 2.05) is 31.2 Å². The first-order valence-corrected chi connectivity index (χ1v) is 10.6. The van der Waals surface area contributed by atoms with Gasteiger partial charge >= 0.3 is 0 Å². The molecule has 0 radical (unpaired) electrons. The summed E-state index contributed by atoms with van der Waals surface area (Å²) in [5, 5.41) is 11.1. The molecule has 1 fully saturated rings. The molecule has 0 spiro atoms. The van der Waals surface area contributed by atoms with E-state index in [2.05, 4.69) is 20.5 Å². The van der Waals surface area contributed by atoms with Gasteiger partial charge in [0.2, 0.25) is 5.91 Å². The van der Waals surface area contributed by atoms with Crippen LogP contribution in [0.5, 0.6) is 5.75 Å². The van der Waals surface area contributed by atoms with E-state index < -0.39 is 0 Å². The number of amides is 1. The van der Waals surface area contributed by atoms with E-state index in [1.54, 1.807) is 17.7 Å². The molecule has 1 saturated heterocycles. The van der Waals surface area contributed by atoms with Crippen LogP contribution >= 0.6 is 12.2 Å². The van der Waals surface area contributed by atoms with E-state index in [0.717, 1.165) is 37.2 Å². The van der Waals surface area contributed by atoms with Gasteiger partial charge < -0.3 is 19.0 Å². The molecule has 1 aromatic carbocycles. The topological polar surface area (TPSA) is 98.6 Å². The van der Waals surface area contributed by atoms with Crippen molar-refractivity contribution in [3.05, 3.63) is 52.4 Å². The Hall–Kier alpha value is -2.98. The molecule has 3 heterocycles. The maximum absolute atomic E-state index is 12.4. The molecule has 0 unspecified atom stereocenters. The van der Waals surface area contributed by atoms with Crippen molar-refractivity contribution in [1.29, 1.82) is 0 Å². The predicted octanol–water partition coefficient (Wildman–Crippen LogP) is 3.70. The zero-order valence-corrected chi connectivity index (χ0v) is 18.4. The number of nitrogens with one attached hydrogen (secondary N) is 1. The maximum Gasteiger partial charge on any atom is 0.288 e. The van der Waals surface area contributed by atoms with E-state index in [0.29, 0.717) is 29.0 Å². The van der Waals surface area contributed by atoms with Crippen molar-refractivity contribution < 1.29 is 18.5 Å². The van der Waals surface area contributed by atoms with Gasteiger partial charge in [0, 0.05) is 25.1 Å². The first-order chi connectivity index (χ1) is 15.0. The van der Waals surface area contributed by atoms with Crippen molar-refractivity contribution in [2.24, 2.45) is 5.92 Å². The van der Waals surface area contributed by atoms with Crippen molar-refractivity contribution in [3.8, 4) is 5.75 Å². The summed E-state index contributed by atoms with van der Waals surface area (Å²) in [5.41, 5.74) is 1.12. The van der Waals surface area contributed by atoms with Crippen LogP contribution in [0.15, 0.2) is 39.3 Å². The highest BCUT2D eigenvalue weighted by Gasteiger charge is 2.26. The number of carbonyl (C=O) groups excluding carboxylic acids is 1. The second-order valence-corrected chi connectivity index (χ2v) is 8.06. The number of anilines is 1. The molecule has 2 aromatic heterocycles. The molecule has 9 nitrogen and oxygen atoms in total. The molecule has 3 aromatic rings. The van der Waals surface area contributed by atoms with Gasteiger partial charge in [0.15, 0.2) is 12.4 Å².